The van der Waals surface area contributed by atoms with Crippen LogP contribution in [0.3, 0.4) is 0 Å². The van der Waals surface area contributed by atoms with E-state index in [0.717, 1.165) is 0 Å². The zero-order chi connectivity index (χ0) is 16.2. The van der Waals surface area contributed by atoms with E-state index in [9.17, 15) is 18.9 Å². The minimum Gasteiger partial charge on any atom is -0.479 e. The van der Waals surface area contributed by atoms with E-state index in [-0.39, 0.29) is 19.6 Å². The molecule has 0 fully saturated rings. The number of hydrogen-bond donors (Lipinski definition) is 4. The molecular weight excluding hydrogens is 307 g/mol. The number of H-pyrrole nitrogens is 1. The largest absolute Gasteiger partial charge is 0.479 e. The minimum atomic E-state index is -4.91. The molecule has 0 aliphatic heterocycles. The third kappa shape index (κ3) is 4.94. The number of carboxylic acid groups (broad SMARTS) is 1. The molecule has 1 heterocycles. The summed E-state index contributed by atoms with van der Waals surface area (Å²) in [5, 5.41) is 8.62. The molecule has 118 valence electrons. The standard InChI is InChI=1S/C10H15N2O8P/c1-6-5-12(10(16)11-7(6)13)3-2-4-20-9(8(14)15)21(17,18)19/h5,9H,2-4H2,1H3,(H,14,15)(H,11,13,16)(H2,17,18,19). The smallest absolute Gasteiger partial charge is 0.365 e. The van der Waals surface area contributed by atoms with E-state index < -0.39 is 30.7 Å². The predicted molar refractivity (Wildman–Crippen MR) is 70.1 cm³/mol. The maximum Gasteiger partial charge on any atom is 0.365 e. The van der Waals surface area contributed by atoms with Crippen molar-refractivity contribution in [1.29, 1.82) is 0 Å². The van der Waals surface area contributed by atoms with Crippen molar-refractivity contribution in [2.45, 2.75) is 25.7 Å². The number of aromatic amines is 1. The van der Waals surface area contributed by atoms with Gasteiger partial charge in [0.05, 0.1) is 6.61 Å². The van der Waals surface area contributed by atoms with E-state index in [0.29, 0.717) is 5.56 Å². The zero-order valence-corrected chi connectivity index (χ0v) is 11.9. The van der Waals surface area contributed by atoms with Crippen LogP contribution in [0.5, 0.6) is 0 Å². The number of nitrogens with one attached hydrogen (secondary N) is 1. The lowest BCUT2D eigenvalue weighted by Crippen LogP contribution is -2.31. The van der Waals surface area contributed by atoms with Gasteiger partial charge in [0, 0.05) is 18.3 Å². The van der Waals surface area contributed by atoms with Gasteiger partial charge in [0.15, 0.2) is 0 Å². The van der Waals surface area contributed by atoms with Gasteiger partial charge in [-0.1, -0.05) is 0 Å². The molecule has 4 N–H and O–H groups in total. The summed E-state index contributed by atoms with van der Waals surface area (Å²) in [6.45, 7) is 1.34. The lowest BCUT2D eigenvalue weighted by molar-refractivity contribution is -0.145. The van der Waals surface area contributed by atoms with Crippen LogP contribution in [0.15, 0.2) is 15.8 Å². The summed E-state index contributed by atoms with van der Waals surface area (Å²) in [6, 6.07) is 0. The predicted octanol–water partition coefficient (Wildman–Crippen LogP) is -1.16. The van der Waals surface area contributed by atoms with E-state index >= 15 is 0 Å². The molecule has 10 nitrogen and oxygen atoms in total. The molecule has 1 atom stereocenters. The monoisotopic (exact) mass is 322 g/mol. The van der Waals surface area contributed by atoms with Crippen molar-refractivity contribution < 1.29 is 29.0 Å². The molecule has 1 aromatic rings. The van der Waals surface area contributed by atoms with E-state index in [1.165, 1.54) is 17.7 Å². The molecule has 0 aromatic carbocycles. The lowest BCUT2D eigenvalue weighted by atomic mass is 10.3. The van der Waals surface area contributed by atoms with Gasteiger partial charge in [-0.2, -0.15) is 0 Å². The van der Waals surface area contributed by atoms with E-state index in [1.54, 1.807) is 0 Å². The van der Waals surface area contributed by atoms with Crippen molar-refractivity contribution in [2.24, 2.45) is 0 Å². The van der Waals surface area contributed by atoms with Crippen LogP contribution in [-0.2, 0) is 20.6 Å². The molecule has 1 aromatic heterocycles. The molecule has 0 radical (unpaired) electrons. The van der Waals surface area contributed by atoms with Crippen molar-refractivity contribution in [3.63, 3.8) is 0 Å². The molecule has 0 amide bonds. The number of aliphatic carboxylic acids is 1. The van der Waals surface area contributed by atoms with Crippen LogP contribution in [-0.4, -0.2) is 42.9 Å². The van der Waals surface area contributed by atoms with Crippen molar-refractivity contribution in [3.05, 3.63) is 32.6 Å². The minimum absolute atomic E-state index is 0.101. The molecular formula is C10H15N2O8P. The van der Waals surface area contributed by atoms with Crippen LogP contribution in [0.25, 0.3) is 0 Å². The molecule has 1 unspecified atom stereocenters. The Bertz CT molecular complexity index is 672. The van der Waals surface area contributed by atoms with Crippen LogP contribution in [0.4, 0.5) is 0 Å². The van der Waals surface area contributed by atoms with Crippen molar-refractivity contribution in [1.82, 2.24) is 9.55 Å². The second-order valence-corrected chi connectivity index (χ2v) is 5.92. The van der Waals surface area contributed by atoms with Crippen LogP contribution in [0.2, 0.25) is 0 Å². The maximum atomic E-state index is 11.4. The fourth-order valence-electron chi connectivity index (χ4n) is 1.53. The number of hydrogen-bond acceptors (Lipinski definition) is 5. The first-order valence-corrected chi connectivity index (χ1v) is 7.51. The van der Waals surface area contributed by atoms with Crippen LogP contribution in [0.1, 0.15) is 12.0 Å². The van der Waals surface area contributed by atoms with Gasteiger partial charge in [-0.05, 0) is 13.3 Å². The highest BCUT2D eigenvalue weighted by atomic mass is 31.2. The van der Waals surface area contributed by atoms with E-state index in [2.05, 4.69) is 9.72 Å². The van der Waals surface area contributed by atoms with E-state index in [4.69, 9.17) is 14.9 Å². The number of nitrogens with zero attached hydrogens (tertiary/aromatic N) is 1. The van der Waals surface area contributed by atoms with Crippen molar-refractivity contribution in [3.8, 4) is 0 Å². The lowest BCUT2D eigenvalue weighted by Gasteiger charge is -2.14. The molecule has 0 aliphatic rings. The first-order chi connectivity index (χ1) is 9.62. The van der Waals surface area contributed by atoms with Gasteiger partial charge in [-0.25, -0.2) is 9.59 Å². The molecule has 0 aliphatic carbocycles. The second kappa shape index (κ2) is 6.81. The first kappa shape index (κ1) is 17.3. The average Bonchev–Trinajstić information content (AvgIpc) is 2.32. The van der Waals surface area contributed by atoms with Gasteiger partial charge in [0.25, 0.3) is 11.4 Å². The summed E-state index contributed by atoms with van der Waals surface area (Å²) in [5.41, 5.74) is -0.801. The van der Waals surface area contributed by atoms with E-state index in [1.807, 2.05) is 0 Å². The Morgan fingerprint density at radius 1 is 1.48 bits per heavy atom. The summed E-state index contributed by atoms with van der Waals surface area (Å²) >= 11 is 0. The molecule has 0 bridgehead atoms. The Kier molecular flexibility index (Phi) is 5.62. The zero-order valence-electron chi connectivity index (χ0n) is 11.1. The average molecular weight is 322 g/mol. The Morgan fingerprint density at radius 2 is 2.10 bits per heavy atom. The Hall–Kier alpha value is -1.74. The number of carboxylic acids is 1. The molecule has 21 heavy (non-hydrogen) atoms. The third-order valence-electron chi connectivity index (χ3n) is 2.52. The highest BCUT2D eigenvalue weighted by molar-refractivity contribution is 7.53. The summed E-state index contributed by atoms with van der Waals surface area (Å²) in [6.07, 6.45) is 1.47. The molecule has 1 rings (SSSR count). The van der Waals surface area contributed by atoms with Gasteiger partial charge in [0.1, 0.15) is 0 Å². The number of ether oxygens (including phenoxy) is 1. The second-order valence-electron chi connectivity index (χ2n) is 4.27. The Labute approximate surface area is 118 Å². The number of carbonyl (C=O) groups is 1. The summed E-state index contributed by atoms with van der Waals surface area (Å²) < 4.78 is 16.7. The molecule has 11 heteroatoms. The highest BCUT2D eigenvalue weighted by Crippen LogP contribution is 2.41. The first-order valence-electron chi connectivity index (χ1n) is 5.83. The summed E-state index contributed by atoms with van der Waals surface area (Å²) in [7, 11) is -4.91. The molecule has 0 spiro atoms. The molecule has 0 saturated heterocycles. The normalized spacial score (nSPS) is 13.1. The van der Waals surface area contributed by atoms with Crippen molar-refractivity contribution >= 4 is 13.6 Å². The van der Waals surface area contributed by atoms with Gasteiger partial charge in [-0.3, -0.25) is 14.3 Å². The number of aryl methyl sites for hydroxylation is 2. The van der Waals surface area contributed by atoms with Crippen molar-refractivity contribution in [2.75, 3.05) is 6.61 Å². The Balaban J connectivity index is 2.61. The number of rotatable bonds is 7. The van der Waals surface area contributed by atoms with Crippen LogP contribution >= 0.6 is 7.60 Å². The summed E-state index contributed by atoms with van der Waals surface area (Å²) in [4.78, 5) is 52.9. The SMILES string of the molecule is Cc1cn(CCCOC(C(=O)O)P(=O)(O)O)c(=O)[nH]c1=O. The fourth-order valence-corrected chi connectivity index (χ4v) is 2.11. The summed E-state index contributed by atoms with van der Waals surface area (Å²) in [5.74, 6) is -3.99. The maximum absolute atomic E-state index is 11.4. The van der Waals surface area contributed by atoms with Gasteiger partial charge in [0.2, 0.25) is 0 Å². The van der Waals surface area contributed by atoms with Gasteiger partial charge in [-0.15, -0.1) is 0 Å². The van der Waals surface area contributed by atoms with Gasteiger partial charge < -0.3 is 24.2 Å². The number of aromatic nitrogens is 2. The molecule has 0 saturated carbocycles. The fraction of sp³-hybridized carbons (Fsp3) is 0.500. The highest BCUT2D eigenvalue weighted by Gasteiger charge is 2.36. The van der Waals surface area contributed by atoms with Gasteiger partial charge >= 0.3 is 19.3 Å². The van der Waals surface area contributed by atoms with Crippen LogP contribution in [0, 0.1) is 6.92 Å². The van der Waals surface area contributed by atoms with Crippen LogP contribution < -0.4 is 11.2 Å². The Morgan fingerprint density at radius 3 is 2.62 bits per heavy atom. The third-order valence-corrected chi connectivity index (χ3v) is 3.51. The quantitative estimate of drug-likeness (QED) is 0.361. The topological polar surface area (TPSA) is 159 Å².